The summed E-state index contributed by atoms with van der Waals surface area (Å²) >= 11 is 0. The summed E-state index contributed by atoms with van der Waals surface area (Å²) in [7, 11) is 0. The van der Waals surface area contributed by atoms with Crippen molar-refractivity contribution in [2.24, 2.45) is 5.92 Å². The molecule has 2 heterocycles. The molecular formula is C19H32N4O5. The molecule has 0 aromatic carbocycles. The summed E-state index contributed by atoms with van der Waals surface area (Å²) in [5.41, 5.74) is -1.42. The monoisotopic (exact) mass is 396 g/mol. The predicted molar refractivity (Wildman–Crippen MR) is 101 cm³/mol. The van der Waals surface area contributed by atoms with E-state index in [4.69, 9.17) is 14.0 Å². The predicted octanol–water partition coefficient (Wildman–Crippen LogP) is 2.60. The van der Waals surface area contributed by atoms with Crippen LogP contribution in [0, 0.1) is 5.92 Å². The molecule has 158 valence electrons. The molecule has 9 nitrogen and oxygen atoms in total. The zero-order chi connectivity index (χ0) is 20.9. The number of hydrogen-bond acceptors (Lipinski definition) is 8. The summed E-state index contributed by atoms with van der Waals surface area (Å²) < 4.78 is 15.7. The summed E-state index contributed by atoms with van der Waals surface area (Å²) in [5.74, 6) is 0.710. The van der Waals surface area contributed by atoms with Crippen molar-refractivity contribution >= 4 is 12.1 Å². The van der Waals surface area contributed by atoms with E-state index in [9.17, 15) is 9.59 Å². The fourth-order valence-corrected chi connectivity index (χ4v) is 2.97. The molecule has 28 heavy (non-hydrogen) atoms. The molecule has 0 atom stereocenters. The molecule has 0 aliphatic carbocycles. The normalized spacial score (nSPS) is 16.6. The van der Waals surface area contributed by atoms with E-state index in [1.165, 1.54) is 0 Å². The van der Waals surface area contributed by atoms with Crippen LogP contribution in [0.25, 0.3) is 0 Å². The van der Waals surface area contributed by atoms with Gasteiger partial charge < -0.3 is 19.3 Å². The quantitative estimate of drug-likeness (QED) is 0.731. The van der Waals surface area contributed by atoms with Gasteiger partial charge in [-0.25, -0.2) is 4.79 Å². The number of likely N-dealkylation sites (tertiary alicyclic amines) is 1. The number of amides is 1. The maximum Gasteiger partial charge on any atom is 0.408 e. The molecule has 1 aliphatic rings. The Labute approximate surface area is 166 Å². The summed E-state index contributed by atoms with van der Waals surface area (Å²) in [5, 5.41) is 6.78. The van der Waals surface area contributed by atoms with E-state index < -0.39 is 17.2 Å². The number of rotatable bonds is 6. The Morgan fingerprint density at radius 2 is 1.86 bits per heavy atom. The zero-order valence-electron chi connectivity index (χ0n) is 17.7. The van der Waals surface area contributed by atoms with Gasteiger partial charge in [-0.3, -0.25) is 9.69 Å². The third-order valence-corrected chi connectivity index (χ3v) is 4.41. The van der Waals surface area contributed by atoms with Crippen molar-refractivity contribution in [3.63, 3.8) is 0 Å². The van der Waals surface area contributed by atoms with E-state index in [1.807, 2.05) is 6.92 Å². The van der Waals surface area contributed by atoms with E-state index in [-0.39, 0.29) is 11.9 Å². The van der Waals surface area contributed by atoms with Crippen LogP contribution in [-0.4, -0.2) is 52.4 Å². The number of nitrogens with zero attached hydrogens (tertiary/aromatic N) is 3. The number of aromatic nitrogens is 2. The first-order valence-corrected chi connectivity index (χ1v) is 9.73. The van der Waals surface area contributed by atoms with Crippen molar-refractivity contribution in [2.45, 2.75) is 72.1 Å². The molecule has 1 fully saturated rings. The molecule has 2 rings (SSSR count). The van der Waals surface area contributed by atoms with Crippen LogP contribution >= 0.6 is 0 Å². The Hall–Kier alpha value is -2.16. The van der Waals surface area contributed by atoms with Crippen LogP contribution in [0.2, 0.25) is 0 Å². The minimum atomic E-state index is -0.832. The van der Waals surface area contributed by atoms with E-state index in [0.717, 1.165) is 25.9 Å². The molecule has 9 heteroatoms. The third-order valence-electron chi connectivity index (χ3n) is 4.41. The molecule has 1 saturated heterocycles. The maximum absolute atomic E-state index is 12.0. The first-order chi connectivity index (χ1) is 13.0. The Morgan fingerprint density at radius 1 is 1.21 bits per heavy atom. The average Bonchev–Trinajstić information content (AvgIpc) is 3.03. The Morgan fingerprint density at radius 3 is 2.43 bits per heavy atom. The van der Waals surface area contributed by atoms with Gasteiger partial charge in [0.05, 0.1) is 19.1 Å². The fourth-order valence-electron chi connectivity index (χ4n) is 2.97. The van der Waals surface area contributed by atoms with Crippen LogP contribution in [0.1, 0.15) is 66.1 Å². The topological polar surface area (TPSA) is 107 Å². The number of alkyl carbamates (subject to hydrolysis) is 1. The highest BCUT2D eigenvalue weighted by atomic mass is 16.6. The van der Waals surface area contributed by atoms with Crippen molar-refractivity contribution in [3.8, 4) is 0 Å². The number of piperidine rings is 1. The molecule has 1 amide bonds. The Bertz CT molecular complexity index is 672. The molecule has 0 unspecified atom stereocenters. The number of hydrogen-bond donors (Lipinski definition) is 1. The van der Waals surface area contributed by atoms with Gasteiger partial charge >= 0.3 is 12.1 Å². The minimum Gasteiger partial charge on any atom is -0.466 e. The molecule has 0 saturated carbocycles. The lowest BCUT2D eigenvalue weighted by molar-refractivity contribution is -0.149. The van der Waals surface area contributed by atoms with Crippen LogP contribution in [-0.2, 0) is 26.4 Å². The standard InChI is InChI=1S/C19H32N4O5/c1-7-26-15(24)13-8-10-23(11-9-13)12-14-20-16(22-28-14)19(5,6)21-17(25)27-18(2,3)4/h13H,7-12H2,1-6H3,(H,21,25). The van der Waals surface area contributed by atoms with Gasteiger partial charge in [0, 0.05) is 0 Å². The van der Waals surface area contributed by atoms with Gasteiger partial charge in [0.2, 0.25) is 5.89 Å². The fraction of sp³-hybridized carbons (Fsp3) is 0.789. The van der Waals surface area contributed by atoms with Gasteiger partial charge in [-0.1, -0.05) is 5.16 Å². The van der Waals surface area contributed by atoms with Gasteiger partial charge in [-0.05, 0) is 67.5 Å². The number of ether oxygens (including phenoxy) is 2. The molecule has 0 bridgehead atoms. The number of carbonyl (C=O) groups excluding carboxylic acids is 2. The summed E-state index contributed by atoms with van der Waals surface area (Å²) in [6.45, 7) is 13.3. The van der Waals surface area contributed by atoms with Crippen LogP contribution in [0.5, 0.6) is 0 Å². The molecule has 1 aromatic heterocycles. The van der Waals surface area contributed by atoms with Crippen molar-refractivity contribution < 1.29 is 23.6 Å². The molecule has 0 radical (unpaired) electrons. The van der Waals surface area contributed by atoms with E-state index in [2.05, 4.69) is 20.4 Å². The van der Waals surface area contributed by atoms with Crippen molar-refractivity contribution in [3.05, 3.63) is 11.7 Å². The minimum absolute atomic E-state index is 0.0357. The lowest BCUT2D eigenvalue weighted by atomic mass is 9.97. The molecule has 1 aromatic rings. The van der Waals surface area contributed by atoms with Gasteiger partial charge in [-0.15, -0.1) is 0 Å². The van der Waals surface area contributed by atoms with Gasteiger partial charge in [0.1, 0.15) is 11.1 Å². The number of esters is 1. The molecule has 1 N–H and O–H groups in total. The SMILES string of the molecule is CCOC(=O)C1CCN(Cc2nc(C(C)(C)NC(=O)OC(C)(C)C)no2)CC1. The van der Waals surface area contributed by atoms with E-state index >= 15 is 0 Å². The van der Waals surface area contributed by atoms with Crippen LogP contribution < -0.4 is 5.32 Å². The van der Waals surface area contributed by atoms with Gasteiger partial charge in [-0.2, -0.15) is 4.98 Å². The molecular weight excluding hydrogens is 364 g/mol. The lowest BCUT2D eigenvalue weighted by Crippen LogP contribution is -2.44. The lowest BCUT2D eigenvalue weighted by Gasteiger charge is -2.29. The molecule has 0 spiro atoms. The summed E-state index contributed by atoms with van der Waals surface area (Å²) in [4.78, 5) is 30.5. The first kappa shape index (κ1) is 22.1. The number of carbonyl (C=O) groups is 2. The largest absolute Gasteiger partial charge is 0.466 e. The van der Waals surface area contributed by atoms with Crippen LogP contribution in [0.4, 0.5) is 4.79 Å². The third kappa shape index (κ3) is 6.47. The maximum atomic E-state index is 12.0. The highest BCUT2D eigenvalue weighted by Crippen LogP contribution is 2.22. The van der Waals surface area contributed by atoms with Crippen molar-refractivity contribution in [1.29, 1.82) is 0 Å². The van der Waals surface area contributed by atoms with Crippen molar-refractivity contribution in [1.82, 2.24) is 20.4 Å². The Balaban J connectivity index is 1.88. The first-order valence-electron chi connectivity index (χ1n) is 9.73. The van der Waals surface area contributed by atoms with Gasteiger partial charge in [0.25, 0.3) is 0 Å². The van der Waals surface area contributed by atoms with Gasteiger partial charge in [0.15, 0.2) is 5.82 Å². The number of nitrogens with one attached hydrogen (secondary N) is 1. The van der Waals surface area contributed by atoms with Crippen LogP contribution in [0.15, 0.2) is 4.52 Å². The van der Waals surface area contributed by atoms with E-state index in [0.29, 0.717) is 24.9 Å². The highest BCUT2D eigenvalue weighted by Gasteiger charge is 2.32. The zero-order valence-corrected chi connectivity index (χ0v) is 17.7. The Kier molecular flexibility index (Phi) is 7.03. The summed E-state index contributed by atoms with van der Waals surface area (Å²) in [6, 6.07) is 0. The van der Waals surface area contributed by atoms with E-state index in [1.54, 1.807) is 34.6 Å². The smallest absolute Gasteiger partial charge is 0.408 e. The van der Waals surface area contributed by atoms with Crippen molar-refractivity contribution in [2.75, 3.05) is 19.7 Å². The summed E-state index contributed by atoms with van der Waals surface area (Å²) in [6.07, 6.45) is 0.974. The highest BCUT2D eigenvalue weighted by molar-refractivity contribution is 5.72. The molecule has 1 aliphatic heterocycles. The second kappa shape index (κ2) is 8.89. The average molecular weight is 396 g/mol. The van der Waals surface area contributed by atoms with Crippen LogP contribution in [0.3, 0.4) is 0 Å². The second-order valence-electron chi connectivity index (χ2n) is 8.57. The second-order valence-corrected chi connectivity index (χ2v) is 8.57.